The Morgan fingerprint density at radius 1 is 1.21 bits per heavy atom. The Kier molecular flexibility index (Phi) is 4.20. The number of nitrogens with zero attached hydrogens (tertiary/aromatic N) is 1. The van der Waals surface area contributed by atoms with Crippen molar-refractivity contribution < 1.29 is 9.53 Å². The zero-order valence-electron chi connectivity index (χ0n) is 13.7. The van der Waals surface area contributed by atoms with Gasteiger partial charge in [0.25, 0.3) is 0 Å². The number of hydrogen-bond donors (Lipinski definition) is 1. The number of pyridine rings is 1. The van der Waals surface area contributed by atoms with Crippen molar-refractivity contribution in [1.29, 1.82) is 0 Å². The third kappa shape index (κ3) is 3.58. The van der Waals surface area contributed by atoms with Gasteiger partial charge in [0.05, 0.1) is 6.61 Å². The topological polar surface area (TPSA) is 51.2 Å². The molecule has 2 atom stereocenters. The SMILES string of the molecule is O=C(NCc1ccccc1OCC1CC1)[C@H]1C[C@@H]1c1cccnc1. The monoisotopic (exact) mass is 322 g/mol. The van der Waals surface area contributed by atoms with Gasteiger partial charge in [-0.2, -0.15) is 0 Å². The van der Waals surface area contributed by atoms with Gasteiger partial charge < -0.3 is 10.1 Å². The first-order valence-electron chi connectivity index (χ1n) is 8.69. The maximum Gasteiger partial charge on any atom is 0.224 e. The number of carbonyl (C=O) groups is 1. The second-order valence-electron chi connectivity index (χ2n) is 6.81. The van der Waals surface area contributed by atoms with E-state index in [1.54, 1.807) is 6.20 Å². The molecular weight excluding hydrogens is 300 g/mol. The van der Waals surface area contributed by atoms with Crippen molar-refractivity contribution in [1.82, 2.24) is 10.3 Å². The van der Waals surface area contributed by atoms with Crippen molar-refractivity contribution in [2.24, 2.45) is 11.8 Å². The van der Waals surface area contributed by atoms with Gasteiger partial charge in [0.2, 0.25) is 5.91 Å². The molecule has 4 nitrogen and oxygen atoms in total. The molecule has 0 saturated heterocycles. The van der Waals surface area contributed by atoms with Crippen LogP contribution in [-0.2, 0) is 11.3 Å². The van der Waals surface area contributed by atoms with E-state index in [-0.39, 0.29) is 11.8 Å². The van der Waals surface area contributed by atoms with Gasteiger partial charge >= 0.3 is 0 Å². The van der Waals surface area contributed by atoms with E-state index < -0.39 is 0 Å². The number of hydrogen-bond acceptors (Lipinski definition) is 3. The molecule has 0 aliphatic heterocycles. The quantitative estimate of drug-likeness (QED) is 0.851. The van der Waals surface area contributed by atoms with Gasteiger partial charge in [-0.05, 0) is 48.8 Å². The Bertz CT molecular complexity index is 713. The molecule has 2 aliphatic rings. The van der Waals surface area contributed by atoms with Crippen LogP contribution < -0.4 is 10.1 Å². The molecule has 2 saturated carbocycles. The zero-order valence-corrected chi connectivity index (χ0v) is 13.7. The largest absolute Gasteiger partial charge is 0.493 e. The first-order valence-corrected chi connectivity index (χ1v) is 8.69. The highest BCUT2D eigenvalue weighted by atomic mass is 16.5. The lowest BCUT2D eigenvalue weighted by molar-refractivity contribution is -0.122. The Balaban J connectivity index is 1.31. The zero-order chi connectivity index (χ0) is 16.4. The molecular formula is C20H22N2O2. The Morgan fingerprint density at radius 3 is 2.88 bits per heavy atom. The number of carbonyl (C=O) groups excluding carboxylic acids is 1. The molecule has 0 unspecified atom stereocenters. The van der Waals surface area contributed by atoms with Gasteiger partial charge in [-0.25, -0.2) is 0 Å². The Hall–Kier alpha value is -2.36. The van der Waals surface area contributed by atoms with Gasteiger partial charge in [-0.1, -0.05) is 24.3 Å². The summed E-state index contributed by atoms with van der Waals surface area (Å²) in [7, 11) is 0. The summed E-state index contributed by atoms with van der Waals surface area (Å²) in [5.41, 5.74) is 2.20. The van der Waals surface area contributed by atoms with E-state index in [2.05, 4.69) is 10.3 Å². The number of nitrogens with one attached hydrogen (secondary N) is 1. The van der Waals surface area contributed by atoms with E-state index in [4.69, 9.17) is 4.74 Å². The molecule has 0 radical (unpaired) electrons. The van der Waals surface area contributed by atoms with Crippen molar-refractivity contribution in [2.45, 2.75) is 31.7 Å². The second kappa shape index (κ2) is 6.63. The molecule has 1 N–H and O–H groups in total. The van der Waals surface area contributed by atoms with Gasteiger partial charge in [0, 0.05) is 30.4 Å². The van der Waals surface area contributed by atoms with Crippen LogP contribution in [0.1, 0.15) is 36.3 Å². The minimum absolute atomic E-state index is 0.0775. The molecule has 1 aromatic heterocycles. The normalized spacial score (nSPS) is 22.0. The third-order valence-electron chi connectivity index (χ3n) is 4.84. The lowest BCUT2D eigenvalue weighted by Crippen LogP contribution is -2.25. The number of aromatic nitrogens is 1. The predicted molar refractivity (Wildman–Crippen MR) is 91.6 cm³/mol. The molecule has 0 spiro atoms. The van der Waals surface area contributed by atoms with Crippen molar-refractivity contribution in [3.8, 4) is 5.75 Å². The van der Waals surface area contributed by atoms with Crippen LogP contribution in [0.5, 0.6) is 5.75 Å². The minimum Gasteiger partial charge on any atom is -0.493 e. The number of amides is 1. The van der Waals surface area contributed by atoms with Crippen LogP contribution in [0.4, 0.5) is 0 Å². The first kappa shape index (κ1) is 15.2. The van der Waals surface area contributed by atoms with Crippen LogP contribution in [0.25, 0.3) is 0 Å². The summed E-state index contributed by atoms with van der Waals surface area (Å²) in [6.45, 7) is 1.31. The molecule has 24 heavy (non-hydrogen) atoms. The molecule has 1 amide bonds. The summed E-state index contributed by atoms with van der Waals surface area (Å²) in [6.07, 6.45) is 7.09. The van der Waals surface area contributed by atoms with Crippen LogP contribution in [-0.4, -0.2) is 17.5 Å². The third-order valence-corrected chi connectivity index (χ3v) is 4.84. The standard InChI is InChI=1S/C20H22N2O2/c23-20(18-10-17(18)15-5-3-9-21-11-15)22-12-16-4-1-2-6-19(16)24-13-14-7-8-14/h1-6,9,11,14,17-18H,7-8,10,12-13H2,(H,22,23)/t17-,18+/m1/s1. The molecule has 1 aromatic carbocycles. The Labute approximate surface area is 142 Å². The van der Waals surface area contributed by atoms with Crippen molar-refractivity contribution in [3.63, 3.8) is 0 Å². The van der Waals surface area contributed by atoms with E-state index in [0.717, 1.165) is 35.8 Å². The van der Waals surface area contributed by atoms with Crippen LogP contribution in [0.15, 0.2) is 48.8 Å². The summed E-state index contributed by atoms with van der Waals surface area (Å²) in [5.74, 6) is 2.14. The Morgan fingerprint density at radius 2 is 2.08 bits per heavy atom. The highest BCUT2D eigenvalue weighted by molar-refractivity contribution is 5.82. The highest BCUT2D eigenvalue weighted by Crippen LogP contribution is 2.47. The van der Waals surface area contributed by atoms with Crippen molar-refractivity contribution in [3.05, 3.63) is 59.9 Å². The smallest absolute Gasteiger partial charge is 0.224 e. The van der Waals surface area contributed by atoms with Crippen molar-refractivity contribution >= 4 is 5.91 Å². The van der Waals surface area contributed by atoms with E-state index >= 15 is 0 Å². The van der Waals surface area contributed by atoms with E-state index in [1.165, 1.54) is 12.8 Å². The lowest BCUT2D eigenvalue weighted by atomic mass is 10.1. The van der Waals surface area contributed by atoms with E-state index in [0.29, 0.717) is 12.5 Å². The molecule has 124 valence electrons. The fourth-order valence-corrected chi connectivity index (χ4v) is 3.04. The fraction of sp³-hybridized carbons (Fsp3) is 0.400. The molecule has 2 fully saturated rings. The fourth-order valence-electron chi connectivity index (χ4n) is 3.04. The number of ether oxygens (including phenoxy) is 1. The van der Waals surface area contributed by atoms with Crippen LogP contribution in [0, 0.1) is 11.8 Å². The summed E-state index contributed by atoms with van der Waals surface area (Å²) < 4.78 is 5.90. The van der Waals surface area contributed by atoms with Gasteiger partial charge in [0.15, 0.2) is 0 Å². The lowest BCUT2D eigenvalue weighted by Gasteiger charge is -2.12. The summed E-state index contributed by atoms with van der Waals surface area (Å²) in [5, 5.41) is 3.06. The van der Waals surface area contributed by atoms with Crippen LogP contribution in [0.3, 0.4) is 0 Å². The highest BCUT2D eigenvalue weighted by Gasteiger charge is 2.43. The maximum absolute atomic E-state index is 12.4. The summed E-state index contributed by atoms with van der Waals surface area (Å²) in [6, 6.07) is 11.9. The summed E-state index contributed by atoms with van der Waals surface area (Å²) in [4.78, 5) is 16.5. The molecule has 1 heterocycles. The molecule has 4 heteroatoms. The average Bonchev–Trinajstić information content (AvgIpc) is 3.53. The maximum atomic E-state index is 12.4. The first-order chi connectivity index (χ1) is 11.8. The van der Waals surface area contributed by atoms with E-state index in [9.17, 15) is 4.79 Å². The van der Waals surface area contributed by atoms with Gasteiger partial charge in [-0.3, -0.25) is 9.78 Å². The number of para-hydroxylation sites is 1. The number of rotatable bonds is 7. The molecule has 0 bridgehead atoms. The molecule has 2 aromatic rings. The van der Waals surface area contributed by atoms with Gasteiger partial charge in [-0.15, -0.1) is 0 Å². The average molecular weight is 322 g/mol. The minimum atomic E-state index is 0.0775. The molecule has 2 aliphatic carbocycles. The predicted octanol–water partition coefficient (Wildman–Crippen LogP) is 3.29. The van der Waals surface area contributed by atoms with Gasteiger partial charge in [0.1, 0.15) is 5.75 Å². The van der Waals surface area contributed by atoms with E-state index in [1.807, 2.05) is 42.6 Å². The second-order valence-corrected chi connectivity index (χ2v) is 6.81. The summed E-state index contributed by atoms with van der Waals surface area (Å²) >= 11 is 0. The van der Waals surface area contributed by atoms with Crippen LogP contribution >= 0.6 is 0 Å². The van der Waals surface area contributed by atoms with Crippen LogP contribution in [0.2, 0.25) is 0 Å². The van der Waals surface area contributed by atoms with Crippen molar-refractivity contribution in [2.75, 3.05) is 6.61 Å². The number of benzene rings is 1. The molecule has 4 rings (SSSR count).